The molecule has 1 saturated heterocycles. The van der Waals surface area contributed by atoms with Gasteiger partial charge in [-0.2, -0.15) is 0 Å². The zero-order chi connectivity index (χ0) is 17.3. The largest absolute Gasteiger partial charge is 0.356 e. The molecular formula is C20H29IN4S. The Morgan fingerprint density at radius 1 is 1.19 bits per heavy atom. The van der Waals surface area contributed by atoms with Gasteiger partial charge < -0.3 is 10.6 Å². The lowest BCUT2D eigenvalue weighted by molar-refractivity contribution is 0.245. The first-order valence-electron chi connectivity index (χ1n) is 9.10. The second-order valence-electron chi connectivity index (χ2n) is 6.46. The molecule has 1 aliphatic heterocycles. The third-order valence-corrected chi connectivity index (χ3v) is 5.64. The highest BCUT2D eigenvalue weighted by atomic mass is 127. The number of hydrogen-bond acceptors (Lipinski definition) is 3. The SMILES string of the molecule is CN=C(NCCc1cccs1)NCC1CCCN1Cc1ccccc1.I. The van der Waals surface area contributed by atoms with Crippen molar-refractivity contribution in [1.29, 1.82) is 0 Å². The first-order chi connectivity index (χ1) is 12.3. The summed E-state index contributed by atoms with van der Waals surface area (Å²) in [4.78, 5) is 8.35. The second kappa shape index (κ2) is 11.6. The normalized spacial score (nSPS) is 17.7. The number of aliphatic imine (C=N–C) groups is 1. The average Bonchev–Trinajstić information content (AvgIpc) is 3.31. The van der Waals surface area contributed by atoms with E-state index < -0.39 is 0 Å². The Morgan fingerprint density at radius 3 is 2.77 bits per heavy atom. The van der Waals surface area contributed by atoms with Gasteiger partial charge in [0.2, 0.25) is 0 Å². The van der Waals surface area contributed by atoms with Crippen molar-refractivity contribution in [2.24, 2.45) is 4.99 Å². The summed E-state index contributed by atoms with van der Waals surface area (Å²) < 4.78 is 0. The molecule has 0 radical (unpaired) electrons. The molecule has 1 aromatic heterocycles. The maximum Gasteiger partial charge on any atom is 0.191 e. The summed E-state index contributed by atoms with van der Waals surface area (Å²) in [6.07, 6.45) is 3.58. The van der Waals surface area contributed by atoms with Gasteiger partial charge in [-0.15, -0.1) is 35.3 Å². The van der Waals surface area contributed by atoms with Crippen molar-refractivity contribution in [3.05, 3.63) is 58.3 Å². The van der Waals surface area contributed by atoms with Crippen LogP contribution in [-0.4, -0.2) is 43.6 Å². The Labute approximate surface area is 178 Å². The van der Waals surface area contributed by atoms with E-state index in [4.69, 9.17) is 0 Å². The topological polar surface area (TPSA) is 39.7 Å². The van der Waals surface area contributed by atoms with E-state index in [9.17, 15) is 0 Å². The Bertz CT molecular complexity index is 645. The van der Waals surface area contributed by atoms with Crippen LogP contribution in [0.2, 0.25) is 0 Å². The number of nitrogens with one attached hydrogen (secondary N) is 2. The first kappa shape index (κ1) is 21.2. The fourth-order valence-electron chi connectivity index (χ4n) is 3.35. The molecule has 1 unspecified atom stereocenters. The van der Waals surface area contributed by atoms with Gasteiger partial charge in [0.1, 0.15) is 0 Å². The van der Waals surface area contributed by atoms with Crippen molar-refractivity contribution in [3.8, 4) is 0 Å². The van der Waals surface area contributed by atoms with Gasteiger partial charge in [-0.3, -0.25) is 9.89 Å². The number of likely N-dealkylation sites (tertiary alicyclic amines) is 1. The van der Waals surface area contributed by atoms with E-state index in [0.29, 0.717) is 6.04 Å². The van der Waals surface area contributed by atoms with Gasteiger partial charge in [0, 0.05) is 37.6 Å². The number of benzene rings is 1. The van der Waals surface area contributed by atoms with E-state index >= 15 is 0 Å². The van der Waals surface area contributed by atoms with E-state index in [-0.39, 0.29) is 24.0 Å². The maximum atomic E-state index is 4.36. The number of hydrogen-bond donors (Lipinski definition) is 2. The highest BCUT2D eigenvalue weighted by Gasteiger charge is 2.24. The van der Waals surface area contributed by atoms with Crippen molar-refractivity contribution in [2.45, 2.75) is 31.8 Å². The Morgan fingerprint density at radius 2 is 2.04 bits per heavy atom. The molecule has 3 rings (SSSR count). The predicted octanol–water partition coefficient (Wildman–Crippen LogP) is 3.74. The molecule has 1 atom stereocenters. The third-order valence-electron chi connectivity index (χ3n) is 4.70. The summed E-state index contributed by atoms with van der Waals surface area (Å²) in [5.41, 5.74) is 1.40. The monoisotopic (exact) mass is 484 g/mol. The van der Waals surface area contributed by atoms with Crippen LogP contribution in [0.25, 0.3) is 0 Å². The summed E-state index contributed by atoms with van der Waals surface area (Å²) in [5.74, 6) is 0.906. The standard InChI is InChI=1S/C20H28N4S.HI/c1-21-20(22-12-11-19-10-6-14-25-19)23-15-18-9-5-13-24(18)16-17-7-3-2-4-8-17;/h2-4,6-8,10,14,18H,5,9,11-13,15-16H2,1H3,(H2,21,22,23);1H. The summed E-state index contributed by atoms with van der Waals surface area (Å²) in [5, 5.41) is 9.06. The molecule has 1 fully saturated rings. The summed E-state index contributed by atoms with van der Waals surface area (Å²) in [6, 6.07) is 15.6. The zero-order valence-electron chi connectivity index (χ0n) is 15.4. The van der Waals surface area contributed by atoms with E-state index in [1.54, 1.807) is 0 Å². The quantitative estimate of drug-likeness (QED) is 0.358. The van der Waals surface area contributed by atoms with Gasteiger partial charge in [-0.05, 0) is 42.8 Å². The minimum atomic E-state index is 0. The first-order valence-corrected chi connectivity index (χ1v) is 9.98. The van der Waals surface area contributed by atoms with Gasteiger partial charge in [0.15, 0.2) is 5.96 Å². The molecule has 2 N–H and O–H groups in total. The summed E-state index contributed by atoms with van der Waals surface area (Å²) in [7, 11) is 1.84. The molecule has 0 amide bonds. The number of halogens is 1. The van der Waals surface area contributed by atoms with E-state index in [1.807, 2.05) is 18.4 Å². The fourth-order valence-corrected chi connectivity index (χ4v) is 4.06. The van der Waals surface area contributed by atoms with Gasteiger partial charge in [-0.25, -0.2) is 0 Å². The van der Waals surface area contributed by atoms with Crippen LogP contribution in [0.1, 0.15) is 23.3 Å². The van der Waals surface area contributed by atoms with Crippen molar-refractivity contribution < 1.29 is 0 Å². The minimum absolute atomic E-state index is 0. The third kappa shape index (κ3) is 6.55. The molecule has 0 saturated carbocycles. The van der Waals surface area contributed by atoms with Gasteiger partial charge in [0.25, 0.3) is 0 Å². The molecule has 2 heterocycles. The van der Waals surface area contributed by atoms with Crippen LogP contribution in [0, 0.1) is 0 Å². The Kier molecular flexibility index (Phi) is 9.42. The summed E-state index contributed by atoms with van der Waals surface area (Å²) >= 11 is 1.81. The lowest BCUT2D eigenvalue weighted by Crippen LogP contribution is -2.45. The van der Waals surface area contributed by atoms with E-state index in [1.165, 1.54) is 29.8 Å². The molecule has 0 aliphatic carbocycles. The van der Waals surface area contributed by atoms with Crippen LogP contribution >= 0.6 is 35.3 Å². The molecule has 6 heteroatoms. The Balaban J connectivity index is 0.00000243. The van der Waals surface area contributed by atoms with Crippen molar-refractivity contribution in [3.63, 3.8) is 0 Å². The molecule has 0 bridgehead atoms. The molecule has 1 aromatic carbocycles. The molecular weight excluding hydrogens is 455 g/mol. The second-order valence-corrected chi connectivity index (χ2v) is 7.49. The van der Waals surface area contributed by atoms with Gasteiger partial charge in [-0.1, -0.05) is 36.4 Å². The van der Waals surface area contributed by atoms with Crippen LogP contribution in [0.3, 0.4) is 0 Å². The lowest BCUT2D eigenvalue weighted by Gasteiger charge is -2.25. The van der Waals surface area contributed by atoms with E-state index in [0.717, 1.165) is 32.0 Å². The summed E-state index contributed by atoms with van der Waals surface area (Å²) in [6.45, 7) is 4.09. The maximum absolute atomic E-state index is 4.36. The molecule has 2 aromatic rings. The van der Waals surface area contributed by atoms with Gasteiger partial charge >= 0.3 is 0 Å². The minimum Gasteiger partial charge on any atom is -0.356 e. The highest BCUT2D eigenvalue weighted by molar-refractivity contribution is 14.0. The van der Waals surface area contributed by atoms with Crippen LogP contribution in [-0.2, 0) is 13.0 Å². The molecule has 1 aliphatic rings. The van der Waals surface area contributed by atoms with Crippen LogP contribution in [0.5, 0.6) is 0 Å². The number of guanidine groups is 1. The van der Waals surface area contributed by atoms with Crippen LogP contribution in [0.4, 0.5) is 0 Å². The highest BCUT2D eigenvalue weighted by Crippen LogP contribution is 2.19. The molecule has 142 valence electrons. The predicted molar refractivity (Wildman–Crippen MR) is 123 cm³/mol. The molecule has 26 heavy (non-hydrogen) atoms. The molecule has 4 nitrogen and oxygen atoms in total. The number of thiophene rings is 1. The van der Waals surface area contributed by atoms with Crippen LogP contribution in [0.15, 0.2) is 52.8 Å². The zero-order valence-corrected chi connectivity index (χ0v) is 18.5. The fraction of sp³-hybridized carbons (Fsp3) is 0.450. The smallest absolute Gasteiger partial charge is 0.191 e. The molecule has 0 spiro atoms. The van der Waals surface area contributed by atoms with Crippen LogP contribution < -0.4 is 10.6 Å². The van der Waals surface area contributed by atoms with Crippen molar-refractivity contribution >= 4 is 41.3 Å². The van der Waals surface area contributed by atoms with E-state index in [2.05, 4.69) is 68.4 Å². The average molecular weight is 484 g/mol. The Hall–Kier alpha value is -1.12. The van der Waals surface area contributed by atoms with Crippen molar-refractivity contribution in [1.82, 2.24) is 15.5 Å². The number of nitrogens with zero attached hydrogens (tertiary/aromatic N) is 2. The van der Waals surface area contributed by atoms with Gasteiger partial charge in [0.05, 0.1) is 0 Å². The van der Waals surface area contributed by atoms with Crippen molar-refractivity contribution in [2.75, 3.05) is 26.7 Å². The number of rotatable bonds is 7. The lowest BCUT2D eigenvalue weighted by atomic mass is 10.2.